The minimum Gasteiger partial charge on any atom is -0.463 e. The maximum absolute atomic E-state index is 12.2. The van der Waals surface area contributed by atoms with Crippen LogP contribution in [0.2, 0.25) is 0 Å². The number of carbonyl (C=O) groups excluding carboxylic acids is 3. The van der Waals surface area contributed by atoms with Gasteiger partial charge in [0.2, 0.25) is 5.91 Å². The van der Waals surface area contributed by atoms with Crippen LogP contribution in [0.5, 0.6) is 0 Å². The second kappa shape index (κ2) is 9.46. The Kier molecular flexibility index (Phi) is 7.97. The molecule has 0 aliphatic rings. The van der Waals surface area contributed by atoms with E-state index in [1.54, 1.807) is 25.1 Å². The molecule has 0 bridgehead atoms. The number of hydrogen-bond acceptors (Lipinski definition) is 4. The van der Waals surface area contributed by atoms with Gasteiger partial charge in [-0.15, -0.1) is 0 Å². The van der Waals surface area contributed by atoms with E-state index in [4.69, 9.17) is 10.5 Å². The van der Waals surface area contributed by atoms with E-state index in [2.05, 4.69) is 37.2 Å². The molecule has 6 nitrogen and oxygen atoms in total. The van der Waals surface area contributed by atoms with Crippen molar-refractivity contribution in [1.82, 2.24) is 5.32 Å². The third-order valence-electron chi connectivity index (χ3n) is 2.69. The molecular weight excluding hydrogens is 432 g/mol. The van der Waals surface area contributed by atoms with Gasteiger partial charge in [0.1, 0.15) is 6.04 Å². The quantitative estimate of drug-likeness (QED) is 0.494. The van der Waals surface area contributed by atoms with Crippen molar-refractivity contribution in [3.8, 4) is 0 Å². The zero-order chi connectivity index (χ0) is 17.4. The molecule has 1 aromatic carbocycles. The summed E-state index contributed by atoms with van der Waals surface area (Å²) < 4.78 is 6.16. The second-order valence-electron chi connectivity index (χ2n) is 4.48. The SMILES string of the molecule is CCOC(=O)/C=C/C[C@H](NC(=O)c1cc(Br)cc(Br)c1)C(N)=O. The predicted molar refractivity (Wildman–Crippen MR) is 92.7 cm³/mol. The highest BCUT2D eigenvalue weighted by atomic mass is 79.9. The van der Waals surface area contributed by atoms with Crippen LogP contribution in [0.15, 0.2) is 39.3 Å². The van der Waals surface area contributed by atoms with Crippen LogP contribution >= 0.6 is 31.9 Å². The van der Waals surface area contributed by atoms with Gasteiger partial charge in [0.15, 0.2) is 0 Å². The Hall–Kier alpha value is -1.67. The highest BCUT2D eigenvalue weighted by molar-refractivity contribution is 9.11. The summed E-state index contributed by atoms with van der Waals surface area (Å²) >= 11 is 6.57. The normalized spacial score (nSPS) is 12.0. The molecule has 3 N–H and O–H groups in total. The van der Waals surface area contributed by atoms with E-state index in [-0.39, 0.29) is 13.0 Å². The van der Waals surface area contributed by atoms with Crippen molar-refractivity contribution < 1.29 is 19.1 Å². The number of rotatable bonds is 7. The average Bonchev–Trinajstić information content (AvgIpc) is 2.45. The van der Waals surface area contributed by atoms with Gasteiger partial charge in [0.25, 0.3) is 5.91 Å². The van der Waals surface area contributed by atoms with Crippen molar-refractivity contribution in [2.24, 2.45) is 5.73 Å². The van der Waals surface area contributed by atoms with Crippen LogP contribution in [0.4, 0.5) is 0 Å². The van der Waals surface area contributed by atoms with Crippen molar-refractivity contribution in [1.29, 1.82) is 0 Å². The number of benzene rings is 1. The average molecular weight is 448 g/mol. The number of nitrogens with two attached hydrogens (primary N) is 1. The fraction of sp³-hybridized carbons (Fsp3) is 0.267. The van der Waals surface area contributed by atoms with Crippen LogP contribution in [0, 0.1) is 0 Å². The Morgan fingerprint density at radius 1 is 1.26 bits per heavy atom. The minimum absolute atomic E-state index is 0.0923. The van der Waals surface area contributed by atoms with E-state index in [1.807, 2.05) is 0 Å². The van der Waals surface area contributed by atoms with Gasteiger partial charge in [-0.3, -0.25) is 9.59 Å². The van der Waals surface area contributed by atoms with Crippen molar-refractivity contribution in [2.75, 3.05) is 6.61 Å². The highest BCUT2D eigenvalue weighted by Crippen LogP contribution is 2.20. The van der Waals surface area contributed by atoms with Gasteiger partial charge in [0.05, 0.1) is 6.61 Å². The van der Waals surface area contributed by atoms with Crippen molar-refractivity contribution in [2.45, 2.75) is 19.4 Å². The molecule has 2 amide bonds. The monoisotopic (exact) mass is 446 g/mol. The molecule has 8 heteroatoms. The van der Waals surface area contributed by atoms with Crippen LogP contribution in [-0.2, 0) is 14.3 Å². The first-order chi connectivity index (χ1) is 10.8. The van der Waals surface area contributed by atoms with Crippen LogP contribution in [0.1, 0.15) is 23.7 Å². The summed E-state index contributed by atoms with van der Waals surface area (Å²) in [5.41, 5.74) is 5.64. The Morgan fingerprint density at radius 2 is 1.87 bits per heavy atom. The molecule has 0 aliphatic carbocycles. The topological polar surface area (TPSA) is 98.5 Å². The first-order valence-electron chi connectivity index (χ1n) is 6.73. The molecule has 0 heterocycles. The lowest BCUT2D eigenvalue weighted by molar-refractivity contribution is -0.137. The summed E-state index contributed by atoms with van der Waals surface area (Å²) in [4.78, 5) is 34.8. The Balaban J connectivity index is 2.73. The molecule has 0 saturated heterocycles. The van der Waals surface area contributed by atoms with Crippen LogP contribution in [0.3, 0.4) is 0 Å². The Labute approximate surface area is 150 Å². The highest BCUT2D eigenvalue weighted by Gasteiger charge is 2.18. The first-order valence-corrected chi connectivity index (χ1v) is 8.31. The molecule has 0 aromatic heterocycles. The molecule has 0 saturated carbocycles. The summed E-state index contributed by atoms with van der Waals surface area (Å²) in [6, 6.07) is 4.09. The number of ether oxygens (including phenoxy) is 1. The molecule has 1 aromatic rings. The van der Waals surface area contributed by atoms with Gasteiger partial charge < -0.3 is 15.8 Å². The van der Waals surface area contributed by atoms with Crippen LogP contribution < -0.4 is 11.1 Å². The van der Waals surface area contributed by atoms with Crippen molar-refractivity contribution in [3.63, 3.8) is 0 Å². The number of amides is 2. The van der Waals surface area contributed by atoms with Gasteiger partial charge in [-0.1, -0.05) is 37.9 Å². The molecule has 0 fully saturated rings. The molecule has 0 spiro atoms. The van der Waals surface area contributed by atoms with Gasteiger partial charge in [-0.2, -0.15) is 0 Å². The maximum atomic E-state index is 12.2. The minimum atomic E-state index is -0.925. The Bertz CT molecular complexity index is 612. The summed E-state index contributed by atoms with van der Waals surface area (Å²) in [5, 5.41) is 2.53. The summed E-state index contributed by atoms with van der Waals surface area (Å²) in [5.74, 6) is -1.65. The van der Waals surface area contributed by atoms with Gasteiger partial charge in [0, 0.05) is 20.6 Å². The molecule has 124 valence electrons. The second-order valence-corrected chi connectivity index (χ2v) is 6.31. The molecule has 0 radical (unpaired) electrons. The third kappa shape index (κ3) is 6.96. The van der Waals surface area contributed by atoms with Crippen molar-refractivity contribution >= 4 is 49.6 Å². The summed E-state index contributed by atoms with van der Waals surface area (Å²) in [6.45, 7) is 1.95. The van der Waals surface area contributed by atoms with E-state index >= 15 is 0 Å². The lowest BCUT2D eigenvalue weighted by atomic mass is 10.1. The van der Waals surface area contributed by atoms with E-state index in [1.165, 1.54) is 12.2 Å². The zero-order valence-electron chi connectivity index (χ0n) is 12.3. The fourth-order valence-electron chi connectivity index (χ4n) is 1.66. The fourth-order valence-corrected chi connectivity index (χ4v) is 2.96. The molecule has 0 unspecified atom stereocenters. The number of carbonyl (C=O) groups is 3. The molecular formula is C15H16Br2N2O4. The first kappa shape index (κ1) is 19.4. The van der Waals surface area contributed by atoms with Gasteiger partial charge in [-0.05, 0) is 31.5 Å². The summed E-state index contributed by atoms with van der Waals surface area (Å²) in [6.07, 6.45) is 2.72. The molecule has 23 heavy (non-hydrogen) atoms. The summed E-state index contributed by atoms with van der Waals surface area (Å²) in [7, 11) is 0. The molecule has 0 aliphatic heterocycles. The number of nitrogens with one attached hydrogen (secondary N) is 1. The standard InChI is InChI=1S/C15H16Br2N2O4/c1-2-23-13(20)5-3-4-12(14(18)21)19-15(22)9-6-10(16)8-11(17)7-9/h3,5-8,12H,2,4H2,1H3,(H2,18,21)(H,19,22)/b5-3+/t12-/m0/s1. The maximum Gasteiger partial charge on any atom is 0.330 e. The number of esters is 1. The zero-order valence-corrected chi connectivity index (χ0v) is 15.5. The number of hydrogen-bond donors (Lipinski definition) is 2. The predicted octanol–water partition coefficient (Wildman–Crippen LogP) is 2.30. The largest absolute Gasteiger partial charge is 0.463 e. The van der Waals surface area contributed by atoms with E-state index in [0.29, 0.717) is 5.56 Å². The molecule has 1 atom stereocenters. The van der Waals surface area contributed by atoms with Crippen LogP contribution in [0.25, 0.3) is 0 Å². The van der Waals surface area contributed by atoms with E-state index in [0.717, 1.165) is 8.95 Å². The van der Waals surface area contributed by atoms with Crippen LogP contribution in [-0.4, -0.2) is 30.4 Å². The molecule has 1 rings (SSSR count). The van der Waals surface area contributed by atoms with Crippen molar-refractivity contribution in [3.05, 3.63) is 44.9 Å². The smallest absolute Gasteiger partial charge is 0.330 e. The lowest BCUT2D eigenvalue weighted by Crippen LogP contribution is -2.44. The lowest BCUT2D eigenvalue weighted by Gasteiger charge is -2.14. The Morgan fingerprint density at radius 3 is 2.39 bits per heavy atom. The number of halogens is 2. The van der Waals surface area contributed by atoms with Gasteiger partial charge >= 0.3 is 5.97 Å². The third-order valence-corrected chi connectivity index (χ3v) is 3.60. The van der Waals surface area contributed by atoms with E-state index in [9.17, 15) is 14.4 Å². The number of primary amides is 1. The van der Waals surface area contributed by atoms with E-state index < -0.39 is 23.8 Å². The van der Waals surface area contributed by atoms with Gasteiger partial charge in [-0.25, -0.2) is 4.79 Å².